The third-order valence-corrected chi connectivity index (χ3v) is 5.19. The molecule has 3 heteroatoms. The smallest absolute Gasteiger partial charge is 0.220 e. The molecule has 3 rings (SSSR count). The van der Waals surface area contributed by atoms with E-state index in [0.29, 0.717) is 18.3 Å². The molecule has 1 saturated heterocycles. The predicted octanol–water partition coefficient (Wildman–Crippen LogP) is 5.82. The van der Waals surface area contributed by atoms with Crippen molar-refractivity contribution in [3.8, 4) is 0 Å². The molecule has 1 aliphatic rings. The topological polar surface area (TPSA) is 44.9 Å². The van der Waals surface area contributed by atoms with E-state index in [1.165, 1.54) is 27.8 Å². The molecule has 0 aliphatic carbocycles. The first-order chi connectivity index (χ1) is 12.9. The molecule has 1 aromatic carbocycles. The molecule has 0 radical (unpaired) electrons. The maximum Gasteiger partial charge on any atom is 0.220 e. The van der Waals surface area contributed by atoms with Crippen LogP contribution in [-0.4, -0.2) is 17.4 Å². The zero-order chi connectivity index (χ0) is 19.6. The second-order valence-corrected chi connectivity index (χ2v) is 7.99. The minimum atomic E-state index is 0.157. The van der Waals surface area contributed by atoms with Crippen molar-refractivity contribution in [3.05, 3.63) is 65.4 Å². The fourth-order valence-electron chi connectivity index (χ4n) is 4.02. The Morgan fingerprint density at radius 1 is 1.30 bits per heavy atom. The molecule has 2 aromatic rings. The van der Waals surface area contributed by atoms with Gasteiger partial charge in [0.25, 0.3) is 0 Å². The Bertz CT molecular complexity index is 923. The zero-order valence-electron chi connectivity index (χ0n) is 16.9. The van der Waals surface area contributed by atoms with Gasteiger partial charge in [0.15, 0.2) is 0 Å². The van der Waals surface area contributed by atoms with Crippen LogP contribution in [0.5, 0.6) is 0 Å². The molecule has 1 amide bonds. The van der Waals surface area contributed by atoms with Crippen LogP contribution in [-0.2, 0) is 4.79 Å². The minimum Gasteiger partial charge on any atom is -0.356 e. The van der Waals surface area contributed by atoms with Crippen LogP contribution in [0.2, 0.25) is 0 Å². The summed E-state index contributed by atoms with van der Waals surface area (Å²) in [6, 6.07) is 6.64. The van der Waals surface area contributed by atoms with E-state index in [2.05, 4.69) is 74.9 Å². The predicted molar refractivity (Wildman–Crippen MR) is 115 cm³/mol. The van der Waals surface area contributed by atoms with Gasteiger partial charge in [0.2, 0.25) is 5.91 Å². The van der Waals surface area contributed by atoms with E-state index in [1.54, 1.807) is 0 Å². The third-order valence-electron chi connectivity index (χ3n) is 5.19. The first kappa shape index (κ1) is 19.2. The van der Waals surface area contributed by atoms with Crippen molar-refractivity contribution in [3.63, 3.8) is 0 Å². The molecule has 2 heterocycles. The van der Waals surface area contributed by atoms with Gasteiger partial charge in [0.1, 0.15) is 0 Å². The number of rotatable bonds is 5. The molecule has 0 saturated carbocycles. The standard InChI is InChI=1S/C24H30N2O/c1-6-7-19(12-15(2)3)24-23(16(4)5)20-13-17(8-9-21(20)26-24)18-10-11-25-22(27)14-18/h6-9,12-13,16,18,26H,1,10-11,14H2,2-5H3,(H,25,27)/b19-7+. The van der Waals surface area contributed by atoms with E-state index in [0.717, 1.165) is 24.1 Å². The van der Waals surface area contributed by atoms with Crippen molar-refractivity contribution in [1.82, 2.24) is 10.3 Å². The van der Waals surface area contributed by atoms with Gasteiger partial charge in [-0.05, 0) is 60.9 Å². The highest BCUT2D eigenvalue weighted by molar-refractivity contribution is 5.92. The van der Waals surface area contributed by atoms with Crippen LogP contribution < -0.4 is 5.32 Å². The molecular weight excluding hydrogens is 332 g/mol. The number of aromatic nitrogens is 1. The van der Waals surface area contributed by atoms with Gasteiger partial charge in [-0.1, -0.05) is 50.3 Å². The molecule has 1 aromatic heterocycles. The van der Waals surface area contributed by atoms with Crippen LogP contribution in [0.3, 0.4) is 0 Å². The Balaban J connectivity index is 2.15. The summed E-state index contributed by atoms with van der Waals surface area (Å²) in [6.07, 6.45) is 7.70. The Morgan fingerprint density at radius 2 is 2.07 bits per heavy atom. The SMILES string of the molecule is C=C/C=C(\C=C(C)C)c1[nH]c2ccc(C3CCNC(=O)C3)cc2c1C(C)C. The monoisotopic (exact) mass is 362 g/mol. The maximum atomic E-state index is 11.8. The summed E-state index contributed by atoms with van der Waals surface area (Å²) in [7, 11) is 0. The van der Waals surface area contributed by atoms with Crippen LogP contribution in [0.1, 0.15) is 69.2 Å². The molecule has 1 atom stereocenters. The number of carbonyl (C=O) groups is 1. The molecule has 27 heavy (non-hydrogen) atoms. The molecule has 1 fully saturated rings. The number of hydrogen-bond donors (Lipinski definition) is 2. The highest BCUT2D eigenvalue weighted by Gasteiger charge is 2.23. The molecular formula is C24H30N2O. The lowest BCUT2D eigenvalue weighted by Gasteiger charge is -2.22. The maximum absolute atomic E-state index is 11.8. The number of hydrogen-bond acceptors (Lipinski definition) is 1. The van der Waals surface area contributed by atoms with Crippen molar-refractivity contribution in [2.75, 3.05) is 6.54 Å². The second kappa shape index (κ2) is 7.99. The lowest BCUT2D eigenvalue weighted by molar-refractivity contribution is -0.122. The van der Waals surface area contributed by atoms with Crippen molar-refractivity contribution < 1.29 is 4.79 Å². The second-order valence-electron chi connectivity index (χ2n) is 7.99. The van der Waals surface area contributed by atoms with Crippen molar-refractivity contribution >= 4 is 22.4 Å². The average Bonchev–Trinajstić information content (AvgIpc) is 2.99. The highest BCUT2D eigenvalue weighted by atomic mass is 16.1. The number of H-pyrrole nitrogens is 1. The van der Waals surface area contributed by atoms with E-state index in [4.69, 9.17) is 0 Å². The third kappa shape index (κ3) is 4.08. The molecule has 1 unspecified atom stereocenters. The molecule has 1 aliphatic heterocycles. The van der Waals surface area contributed by atoms with E-state index in [-0.39, 0.29) is 5.91 Å². The number of fused-ring (bicyclic) bond motifs is 1. The Morgan fingerprint density at radius 3 is 2.70 bits per heavy atom. The van der Waals surface area contributed by atoms with E-state index in [1.807, 2.05) is 6.08 Å². The van der Waals surface area contributed by atoms with Gasteiger partial charge in [-0.3, -0.25) is 4.79 Å². The zero-order valence-corrected chi connectivity index (χ0v) is 16.9. The molecule has 0 bridgehead atoms. The lowest BCUT2D eigenvalue weighted by Crippen LogP contribution is -2.32. The molecule has 0 spiro atoms. The number of allylic oxidation sites excluding steroid dienone is 5. The number of amides is 1. The minimum absolute atomic E-state index is 0.157. The van der Waals surface area contributed by atoms with Gasteiger partial charge in [0.05, 0.1) is 0 Å². The summed E-state index contributed by atoms with van der Waals surface area (Å²) < 4.78 is 0. The van der Waals surface area contributed by atoms with Crippen molar-refractivity contribution in [2.24, 2.45) is 0 Å². The number of nitrogens with one attached hydrogen (secondary N) is 2. The van der Waals surface area contributed by atoms with Crippen LogP contribution >= 0.6 is 0 Å². The first-order valence-electron chi connectivity index (χ1n) is 9.81. The summed E-state index contributed by atoms with van der Waals surface area (Å²) in [5.41, 5.74) is 7.32. The summed E-state index contributed by atoms with van der Waals surface area (Å²) >= 11 is 0. The lowest BCUT2D eigenvalue weighted by atomic mass is 9.88. The van der Waals surface area contributed by atoms with Gasteiger partial charge in [-0.15, -0.1) is 0 Å². The Labute approximate surface area is 162 Å². The van der Waals surface area contributed by atoms with Gasteiger partial charge in [-0.2, -0.15) is 0 Å². The van der Waals surface area contributed by atoms with Gasteiger partial charge in [-0.25, -0.2) is 0 Å². The summed E-state index contributed by atoms with van der Waals surface area (Å²) in [4.78, 5) is 15.4. The van der Waals surface area contributed by atoms with E-state index < -0.39 is 0 Å². The average molecular weight is 363 g/mol. The van der Waals surface area contributed by atoms with E-state index in [9.17, 15) is 4.79 Å². The Kier molecular flexibility index (Phi) is 5.69. The fraction of sp³-hybridized carbons (Fsp3) is 0.375. The fourth-order valence-corrected chi connectivity index (χ4v) is 4.02. The molecule has 2 N–H and O–H groups in total. The van der Waals surface area contributed by atoms with Crippen LogP contribution in [0, 0.1) is 0 Å². The van der Waals surface area contributed by atoms with Gasteiger partial charge in [0, 0.05) is 29.6 Å². The quantitative estimate of drug-likeness (QED) is 0.647. The van der Waals surface area contributed by atoms with Crippen molar-refractivity contribution in [1.29, 1.82) is 0 Å². The van der Waals surface area contributed by atoms with Crippen molar-refractivity contribution in [2.45, 2.75) is 52.4 Å². The largest absolute Gasteiger partial charge is 0.356 e. The number of piperidine rings is 1. The molecule has 142 valence electrons. The summed E-state index contributed by atoms with van der Waals surface area (Å²) in [5, 5.41) is 4.20. The van der Waals surface area contributed by atoms with Crippen LogP contribution in [0.15, 0.2) is 48.6 Å². The highest BCUT2D eigenvalue weighted by Crippen LogP contribution is 2.36. The van der Waals surface area contributed by atoms with Crippen LogP contribution in [0.25, 0.3) is 16.5 Å². The normalized spacial score (nSPS) is 17.9. The first-order valence-corrected chi connectivity index (χ1v) is 9.81. The molecule has 3 nitrogen and oxygen atoms in total. The number of aromatic amines is 1. The summed E-state index contributed by atoms with van der Waals surface area (Å²) in [5.74, 6) is 0.852. The van der Waals surface area contributed by atoms with Gasteiger partial charge < -0.3 is 10.3 Å². The van der Waals surface area contributed by atoms with Gasteiger partial charge >= 0.3 is 0 Å². The number of benzene rings is 1. The Hall–Kier alpha value is -2.55. The summed E-state index contributed by atoms with van der Waals surface area (Å²) in [6.45, 7) is 13.4. The van der Waals surface area contributed by atoms with E-state index >= 15 is 0 Å². The number of carbonyl (C=O) groups excluding carboxylic acids is 1. The van der Waals surface area contributed by atoms with Crippen LogP contribution in [0.4, 0.5) is 0 Å².